The summed E-state index contributed by atoms with van der Waals surface area (Å²) in [5.41, 5.74) is 0. The van der Waals surface area contributed by atoms with Gasteiger partial charge in [-0.1, -0.05) is 26.0 Å². The molecule has 0 bridgehead atoms. The van der Waals surface area contributed by atoms with Crippen molar-refractivity contribution in [2.45, 2.75) is 20.3 Å². The van der Waals surface area contributed by atoms with Crippen LogP contribution < -0.4 is 10.1 Å². The average Bonchev–Trinajstić information content (AvgIpc) is 2.41. The molecule has 0 aliphatic rings. The number of ether oxygens (including phenoxy) is 1. The number of carboxylic acids is 1. The van der Waals surface area contributed by atoms with Gasteiger partial charge in [-0.25, -0.2) is 0 Å². The maximum Gasteiger partial charge on any atom is 0.308 e. The summed E-state index contributed by atoms with van der Waals surface area (Å²) in [6.45, 7) is 3.65. The fourth-order valence-electron chi connectivity index (χ4n) is 1.85. The number of hydrogen-bond donors (Lipinski definition) is 3. The van der Waals surface area contributed by atoms with Crippen LogP contribution in [0.2, 0.25) is 0 Å². The second kappa shape index (κ2) is 8.14. The van der Waals surface area contributed by atoms with E-state index in [-0.39, 0.29) is 30.6 Å². The Balaban J connectivity index is 2.39. The Labute approximate surface area is 123 Å². The van der Waals surface area contributed by atoms with Crippen LogP contribution >= 0.6 is 0 Å². The third-order valence-electron chi connectivity index (χ3n) is 2.87. The average molecular weight is 295 g/mol. The molecule has 1 amide bonds. The number of aromatic hydroxyl groups is 1. The molecule has 3 N–H and O–H groups in total. The van der Waals surface area contributed by atoms with Crippen LogP contribution in [-0.2, 0) is 9.59 Å². The Bertz CT molecular complexity index is 487. The highest BCUT2D eigenvalue weighted by Crippen LogP contribution is 2.23. The molecule has 0 radical (unpaired) electrons. The van der Waals surface area contributed by atoms with Gasteiger partial charge in [0.1, 0.15) is 0 Å². The fourth-order valence-corrected chi connectivity index (χ4v) is 1.85. The molecule has 6 nitrogen and oxygen atoms in total. The van der Waals surface area contributed by atoms with Gasteiger partial charge in [-0.3, -0.25) is 9.59 Å². The summed E-state index contributed by atoms with van der Waals surface area (Å²) in [7, 11) is 0. The van der Waals surface area contributed by atoms with E-state index in [0.717, 1.165) is 0 Å². The van der Waals surface area contributed by atoms with Crippen LogP contribution in [0.25, 0.3) is 0 Å². The number of hydrogen-bond acceptors (Lipinski definition) is 4. The van der Waals surface area contributed by atoms with Crippen molar-refractivity contribution in [2.24, 2.45) is 11.8 Å². The van der Waals surface area contributed by atoms with Crippen molar-refractivity contribution in [3.63, 3.8) is 0 Å². The van der Waals surface area contributed by atoms with Crippen LogP contribution in [0.15, 0.2) is 24.3 Å². The first kappa shape index (κ1) is 16.8. The second-order valence-corrected chi connectivity index (χ2v) is 5.23. The number of para-hydroxylation sites is 2. The molecule has 0 spiro atoms. The molecule has 1 unspecified atom stereocenters. The normalized spacial score (nSPS) is 12.0. The van der Waals surface area contributed by atoms with Gasteiger partial charge in [0.15, 0.2) is 18.1 Å². The number of carbonyl (C=O) groups is 2. The van der Waals surface area contributed by atoms with Crippen molar-refractivity contribution in [1.29, 1.82) is 0 Å². The van der Waals surface area contributed by atoms with Gasteiger partial charge in [-0.2, -0.15) is 0 Å². The van der Waals surface area contributed by atoms with Gasteiger partial charge in [0.25, 0.3) is 5.91 Å². The van der Waals surface area contributed by atoms with E-state index in [4.69, 9.17) is 9.84 Å². The summed E-state index contributed by atoms with van der Waals surface area (Å²) in [5.74, 6) is -1.56. The molecule has 21 heavy (non-hydrogen) atoms. The Morgan fingerprint density at radius 2 is 1.95 bits per heavy atom. The molecule has 116 valence electrons. The molecule has 1 atom stereocenters. The molecule has 0 saturated carbocycles. The van der Waals surface area contributed by atoms with Gasteiger partial charge in [0.2, 0.25) is 0 Å². The number of carbonyl (C=O) groups excluding carboxylic acids is 1. The molecule has 6 heteroatoms. The van der Waals surface area contributed by atoms with Gasteiger partial charge in [0.05, 0.1) is 5.92 Å². The van der Waals surface area contributed by atoms with Crippen LogP contribution in [0.4, 0.5) is 0 Å². The lowest BCUT2D eigenvalue weighted by Crippen LogP contribution is -2.36. The molecule has 0 saturated heterocycles. The number of phenols is 1. The number of phenolic OH excluding ortho intramolecular Hbond substituents is 1. The molecule has 0 aliphatic heterocycles. The van der Waals surface area contributed by atoms with E-state index in [9.17, 15) is 14.7 Å². The predicted octanol–water partition coefficient (Wildman–Crippen LogP) is 1.63. The first-order chi connectivity index (χ1) is 9.90. The van der Waals surface area contributed by atoms with E-state index in [1.54, 1.807) is 18.2 Å². The highest BCUT2D eigenvalue weighted by Gasteiger charge is 2.19. The summed E-state index contributed by atoms with van der Waals surface area (Å²) in [6, 6.07) is 6.32. The SMILES string of the molecule is CC(C)CC(CNC(=O)COc1ccccc1O)C(=O)O. The number of carboxylic acid groups (broad SMARTS) is 1. The van der Waals surface area contributed by atoms with E-state index < -0.39 is 17.8 Å². The molecule has 0 heterocycles. The Morgan fingerprint density at radius 3 is 2.52 bits per heavy atom. The van der Waals surface area contributed by atoms with Crippen molar-refractivity contribution < 1.29 is 24.5 Å². The summed E-state index contributed by atoms with van der Waals surface area (Å²) < 4.78 is 5.16. The smallest absolute Gasteiger partial charge is 0.308 e. The number of nitrogens with one attached hydrogen (secondary N) is 1. The van der Waals surface area contributed by atoms with E-state index >= 15 is 0 Å². The number of amides is 1. The van der Waals surface area contributed by atoms with Crippen molar-refractivity contribution in [3.8, 4) is 11.5 Å². The zero-order valence-corrected chi connectivity index (χ0v) is 12.2. The van der Waals surface area contributed by atoms with Crippen LogP contribution in [0, 0.1) is 11.8 Å². The summed E-state index contributed by atoms with van der Waals surface area (Å²) in [5, 5.41) is 21.1. The van der Waals surface area contributed by atoms with Crippen molar-refractivity contribution in [1.82, 2.24) is 5.32 Å². The topological polar surface area (TPSA) is 95.9 Å². The lowest BCUT2D eigenvalue weighted by Gasteiger charge is -2.15. The molecular weight excluding hydrogens is 274 g/mol. The highest BCUT2D eigenvalue weighted by atomic mass is 16.5. The standard InChI is InChI=1S/C15H21NO5/c1-10(2)7-11(15(19)20)8-16-14(18)9-21-13-6-4-3-5-12(13)17/h3-6,10-11,17H,7-9H2,1-2H3,(H,16,18)(H,19,20). The Morgan fingerprint density at radius 1 is 1.29 bits per heavy atom. The van der Waals surface area contributed by atoms with Gasteiger partial charge >= 0.3 is 5.97 Å². The minimum Gasteiger partial charge on any atom is -0.504 e. The van der Waals surface area contributed by atoms with E-state index in [1.165, 1.54) is 6.07 Å². The molecule has 0 aromatic heterocycles. The largest absolute Gasteiger partial charge is 0.504 e. The predicted molar refractivity (Wildman–Crippen MR) is 77.2 cm³/mol. The third-order valence-corrected chi connectivity index (χ3v) is 2.87. The quantitative estimate of drug-likeness (QED) is 0.677. The summed E-state index contributed by atoms with van der Waals surface area (Å²) in [6.07, 6.45) is 0.496. The number of benzene rings is 1. The van der Waals surface area contributed by atoms with Crippen LogP contribution in [0.3, 0.4) is 0 Å². The highest BCUT2D eigenvalue weighted by molar-refractivity contribution is 5.78. The van der Waals surface area contributed by atoms with Crippen molar-refractivity contribution >= 4 is 11.9 Å². The maximum absolute atomic E-state index is 11.6. The molecule has 1 rings (SSSR count). The lowest BCUT2D eigenvalue weighted by molar-refractivity contribution is -0.142. The first-order valence-electron chi connectivity index (χ1n) is 6.80. The van der Waals surface area contributed by atoms with Gasteiger partial charge in [-0.05, 0) is 24.5 Å². The maximum atomic E-state index is 11.6. The van der Waals surface area contributed by atoms with Gasteiger partial charge in [0, 0.05) is 6.54 Å². The summed E-state index contributed by atoms with van der Waals surface area (Å²) >= 11 is 0. The zero-order valence-electron chi connectivity index (χ0n) is 12.2. The fraction of sp³-hybridized carbons (Fsp3) is 0.467. The molecule has 0 fully saturated rings. The van der Waals surface area contributed by atoms with Crippen molar-refractivity contribution in [2.75, 3.05) is 13.2 Å². The zero-order chi connectivity index (χ0) is 15.8. The Kier molecular flexibility index (Phi) is 6.52. The molecule has 1 aromatic rings. The molecule has 1 aromatic carbocycles. The number of aliphatic carboxylic acids is 1. The second-order valence-electron chi connectivity index (χ2n) is 5.23. The lowest BCUT2D eigenvalue weighted by atomic mass is 9.97. The minimum atomic E-state index is -0.925. The minimum absolute atomic E-state index is 0.0477. The van der Waals surface area contributed by atoms with E-state index in [1.807, 2.05) is 13.8 Å². The first-order valence-corrected chi connectivity index (χ1v) is 6.80. The van der Waals surface area contributed by atoms with Crippen LogP contribution in [0.1, 0.15) is 20.3 Å². The third kappa shape index (κ3) is 6.16. The molecule has 0 aliphatic carbocycles. The van der Waals surface area contributed by atoms with Crippen LogP contribution in [0.5, 0.6) is 11.5 Å². The van der Waals surface area contributed by atoms with Crippen LogP contribution in [-0.4, -0.2) is 35.2 Å². The monoisotopic (exact) mass is 295 g/mol. The molecular formula is C15H21NO5. The van der Waals surface area contributed by atoms with E-state index in [2.05, 4.69) is 5.32 Å². The summed E-state index contributed by atoms with van der Waals surface area (Å²) in [4.78, 5) is 22.7. The van der Waals surface area contributed by atoms with Gasteiger partial charge < -0.3 is 20.3 Å². The Hall–Kier alpha value is -2.24. The van der Waals surface area contributed by atoms with Gasteiger partial charge in [-0.15, -0.1) is 0 Å². The van der Waals surface area contributed by atoms with E-state index in [0.29, 0.717) is 6.42 Å². The van der Waals surface area contributed by atoms with Crippen molar-refractivity contribution in [3.05, 3.63) is 24.3 Å². The number of rotatable bonds is 8.